The lowest BCUT2D eigenvalue weighted by molar-refractivity contribution is -0.144. The van der Waals surface area contributed by atoms with E-state index in [1.165, 1.54) is 19.2 Å². The van der Waals surface area contributed by atoms with Crippen molar-refractivity contribution in [2.75, 3.05) is 13.7 Å². The molecule has 9 heteroatoms. The van der Waals surface area contributed by atoms with Gasteiger partial charge in [-0.05, 0) is 53.5 Å². The monoisotopic (exact) mass is 531 g/mol. The summed E-state index contributed by atoms with van der Waals surface area (Å²) in [6.07, 6.45) is 2.46. The van der Waals surface area contributed by atoms with Crippen molar-refractivity contribution in [2.24, 2.45) is 11.3 Å². The summed E-state index contributed by atoms with van der Waals surface area (Å²) in [4.78, 5) is 32.0. The molecule has 38 heavy (non-hydrogen) atoms. The number of rotatable bonds is 8. The fourth-order valence-electron chi connectivity index (χ4n) is 5.92. The van der Waals surface area contributed by atoms with E-state index < -0.39 is 11.7 Å². The Hall–Kier alpha value is -2.94. The lowest BCUT2D eigenvalue weighted by Gasteiger charge is -2.36. The molecule has 1 atom stereocenters. The average Bonchev–Trinajstić information content (AvgIpc) is 3.24. The van der Waals surface area contributed by atoms with E-state index in [0.29, 0.717) is 31.6 Å². The molecule has 6 nitrogen and oxygen atoms in total. The minimum atomic E-state index is -4.36. The van der Waals surface area contributed by atoms with Crippen LogP contribution < -0.4 is 5.32 Å². The van der Waals surface area contributed by atoms with E-state index in [2.05, 4.69) is 29.0 Å². The minimum absolute atomic E-state index is 0.00466. The minimum Gasteiger partial charge on any atom is -0.469 e. The Morgan fingerprint density at radius 2 is 1.84 bits per heavy atom. The number of carbonyl (C=O) groups is 2. The Balaban J connectivity index is 1.46. The smallest absolute Gasteiger partial charge is 0.416 e. The van der Waals surface area contributed by atoms with E-state index in [0.717, 1.165) is 61.1 Å². The number of fused-ring (bicyclic) bond motifs is 1. The number of hydrogen-bond acceptors (Lipinski definition) is 5. The molecular formula is C29H36F3N3O3. The van der Waals surface area contributed by atoms with Gasteiger partial charge in [0.05, 0.1) is 36.4 Å². The van der Waals surface area contributed by atoms with Gasteiger partial charge in [0.25, 0.3) is 5.91 Å². The van der Waals surface area contributed by atoms with Gasteiger partial charge in [0, 0.05) is 25.8 Å². The number of hydrogen-bond donors (Lipinski definition) is 1. The topological polar surface area (TPSA) is 71.5 Å². The largest absolute Gasteiger partial charge is 0.469 e. The van der Waals surface area contributed by atoms with Gasteiger partial charge in [-0.3, -0.25) is 19.5 Å². The maximum Gasteiger partial charge on any atom is 0.416 e. The van der Waals surface area contributed by atoms with Gasteiger partial charge in [-0.25, -0.2) is 0 Å². The van der Waals surface area contributed by atoms with Gasteiger partial charge in [0.2, 0.25) is 0 Å². The van der Waals surface area contributed by atoms with Crippen LogP contribution in [0, 0.1) is 11.3 Å². The van der Waals surface area contributed by atoms with Crippen LogP contribution in [0.5, 0.6) is 0 Å². The molecule has 206 valence electrons. The molecular weight excluding hydrogens is 495 g/mol. The standard InChI is InChI=1S/C29H36F3N3O3/c1-19(2)26-25-22(17-35(26)16-20-7-9-23(10-8-20)29(30,31)32)13-21(15-33-25)27(37)34-18-28(14-24(36)38-3)11-5-4-6-12-28/h7-10,13,15,19,26H,4-6,11-12,14,16-18H2,1-3H3,(H,34,37)/t26-/m0/s1. The first-order valence-electron chi connectivity index (χ1n) is 13.3. The van der Waals surface area contributed by atoms with Crippen LogP contribution in [0.4, 0.5) is 13.2 Å². The van der Waals surface area contributed by atoms with E-state index >= 15 is 0 Å². The van der Waals surface area contributed by atoms with Gasteiger partial charge < -0.3 is 10.1 Å². The highest BCUT2D eigenvalue weighted by atomic mass is 19.4. The van der Waals surface area contributed by atoms with Crippen molar-refractivity contribution in [1.29, 1.82) is 0 Å². The number of nitrogens with one attached hydrogen (secondary N) is 1. The summed E-state index contributed by atoms with van der Waals surface area (Å²) in [6.45, 7) is 5.63. The second-order valence-corrected chi connectivity index (χ2v) is 11.1. The van der Waals surface area contributed by atoms with Crippen LogP contribution in [0.15, 0.2) is 36.5 Å². The number of halogens is 3. The number of benzene rings is 1. The zero-order valence-corrected chi connectivity index (χ0v) is 22.2. The second kappa shape index (κ2) is 11.4. The molecule has 1 aromatic carbocycles. The molecule has 0 unspecified atom stereocenters. The molecule has 0 radical (unpaired) electrons. The van der Waals surface area contributed by atoms with Gasteiger partial charge in [0.1, 0.15) is 0 Å². The number of nitrogens with zero attached hydrogens (tertiary/aromatic N) is 2. The number of amides is 1. The van der Waals surface area contributed by atoms with E-state index in [1.54, 1.807) is 6.20 Å². The maximum absolute atomic E-state index is 13.1. The number of methoxy groups -OCH3 is 1. The third-order valence-corrected chi connectivity index (χ3v) is 7.89. The summed E-state index contributed by atoms with van der Waals surface area (Å²) >= 11 is 0. The third kappa shape index (κ3) is 6.37. The molecule has 2 aliphatic rings. The Morgan fingerprint density at radius 1 is 1.16 bits per heavy atom. The zero-order chi connectivity index (χ0) is 27.5. The highest BCUT2D eigenvalue weighted by Gasteiger charge is 2.37. The van der Waals surface area contributed by atoms with Crippen molar-refractivity contribution in [1.82, 2.24) is 15.2 Å². The van der Waals surface area contributed by atoms with Gasteiger partial charge in [-0.2, -0.15) is 13.2 Å². The molecule has 1 aliphatic heterocycles. The van der Waals surface area contributed by atoms with Crippen LogP contribution in [0.25, 0.3) is 0 Å². The van der Waals surface area contributed by atoms with Crippen LogP contribution in [-0.4, -0.2) is 35.4 Å². The Morgan fingerprint density at radius 3 is 2.45 bits per heavy atom. The van der Waals surface area contributed by atoms with Crippen molar-refractivity contribution in [3.63, 3.8) is 0 Å². The predicted octanol–water partition coefficient (Wildman–Crippen LogP) is 6.06. The number of ether oxygens (including phenoxy) is 1. The first-order valence-corrected chi connectivity index (χ1v) is 13.3. The molecule has 1 aliphatic carbocycles. The number of aromatic nitrogens is 1. The number of carbonyl (C=O) groups excluding carboxylic acids is 2. The van der Waals surface area contributed by atoms with E-state index in [9.17, 15) is 22.8 Å². The second-order valence-electron chi connectivity index (χ2n) is 11.1. The van der Waals surface area contributed by atoms with Gasteiger partial charge in [-0.15, -0.1) is 0 Å². The van der Waals surface area contributed by atoms with Crippen LogP contribution in [0.1, 0.15) is 91.2 Å². The number of alkyl halides is 3. The summed E-state index contributed by atoms with van der Waals surface area (Å²) in [5.41, 5.74) is 2.16. The molecule has 1 saturated carbocycles. The molecule has 1 amide bonds. The Labute approximate surface area is 222 Å². The summed E-state index contributed by atoms with van der Waals surface area (Å²) in [5, 5.41) is 3.04. The lowest BCUT2D eigenvalue weighted by atomic mass is 9.71. The van der Waals surface area contributed by atoms with E-state index in [-0.39, 0.29) is 29.3 Å². The summed E-state index contributed by atoms with van der Waals surface area (Å²) in [5.74, 6) is -0.257. The van der Waals surface area contributed by atoms with Crippen molar-refractivity contribution < 1.29 is 27.5 Å². The molecule has 1 N–H and O–H groups in total. The molecule has 0 spiro atoms. The lowest BCUT2D eigenvalue weighted by Crippen LogP contribution is -2.40. The maximum atomic E-state index is 13.1. The fraction of sp³-hybridized carbons (Fsp3) is 0.552. The summed E-state index contributed by atoms with van der Waals surface area (Å²) in [7, 11) is 1.39. The highest BCUT2D eigenvalue weighted by Crippen LogP contribution is 2.40. The third-order valence-electron chi connectivity index (χ3n) is 7.89. The molecule has 0 bridgehead atoms. The van der Waals surface area contributed by atoms with Crippen molar-refractivity contribution in [3.8, 4) is 0 Å². The fourth-order valence-corrected chi connectivity index (χ4v) is 5.92. The van der Waals surface area contributed by atoms with E-state index in [1.807, 2.05) is 6.07 Å². The van der Waals surface area contributed by atoms with Crippen LogP contribution in [0.2, 0.25) is 0 Å². The van der Waals surface area contributed by atoms with Crippen molar-refractivity contribution in [2.45, 2.75) is 77.7 Å². The van der Waals surface area contributed by atoms with Crippen molar-refractivity contribution in [3.05, 3.63) is 64.5 Å². The molecule has 1 aromatic heterocycles. The van der Waals surface area contributed by atoms with Crippen molar-refractivity contribution >= 4 is 11.9 Å². The molecule has 1 fully saturated rings. The quantitative estimate of drug-likeness (QED) is 0.420. The Kier molecular flexibility index (Phi) is 8.45. The van der Waals surface area contributed by atoms with Crippen LogP contribution in [-0.2, 0) is 28.8 Å². The first kappa shape index (κ1) is 28.1. The van der Waals surface area contributed by atoms with Gasteiger partial charge >= 0.3 is 12.1 Å². The van der Waals surface area contributed by atoms with Crippen LogP contribution >= 0.6 is 0 Å². The van der Waals surface area contributed by atoms with E-state index in [4.69, 9.17) is 4.74 Å². The molecule has 2 aromatic rings. The summed E-state index contributed by atoms with van der Waals surface area (Å²) < 4.78 is 43.8. The summed E-state index contributed by atoms with van der Waals surface area (Å²) in [6, 6.07) is 7.13. The zero-order valence-electron chi connectivity index (χ0n) is 22.2. The van der Waals surface area contributed by atoms with Gasteiger partial charge in [-0.1, -0.05) is 45.2 Å². The SMILES string of the molecule is COC(=O)CC1(CNC(=O)c2cnc3c(c2)CN(Cc2ccc(C(F)(F)F)cc2)[C@H]3C(C)C)CCCCC1. The van der Waals surface area contributed by atoms with Gasteiger partial charge in [0.15, 0.2) is 0 Å². The Bertz CT molecular complexity index is 1140. The predicted molar refractivity (Wildman–Crippen MR) is 137 cm³/mol. The first-order chi connectivity index (χ1) is 18.0. The van der Waals surface area contributed by atoms with Crippen LogP contribution in [0.3, 0.4) is 0 Å². The normalized spacial score (nSPS) is 19.3. The molecule has 2 heterocycles. The number of esters is 1. The average molecular weight is 532 g/mol. The molecule has 4 rings (SSSR count). The molecule has 0 saturated heterocycles. The number of pyridine rings is 1. The highest BCUT2D eigenvalue weighted by molar-refractivity contribution is 5.94.